The maximum atomic E-state index is 13.5. The van der Waals surface area contributed by atoms with Crippen molar-refractivity contribution in [3.05, 3.63) is 35.1 Å². The Hall–Kier alpha value is -0.890. The minimum atomic E-state index is -0.163. The van der Waals surface area contributed by atoms with Crippen molar-refractivity contribution < 1.29 is 4.39 Å². The summed E-state index contributed by atoms with van der Waals surface area (Å²) in [5.41, 5.74) is 7.75. The van der Waals surface area contributed by atoms with Crippen molar-refractivity contribution in [1.29, 1.82) is 0 Å². The number of rotatable bonds is 4. The summed E-state index contributed by atoms with van der Waals surface area (Å²) in [4.78, 5) is 0. The lowest BCUT2D eigenvalue weighted by atomic mass is 9.99. The van der Waals surface area contributed by atoms with Gasteiger partial charge >= 0.3 is 0 Å². The molecular weight excluding hydrogens is 189 g/mol. The Morgan fingerprint density at radius 1 is 1.47 bits per heavy atom. The lowest BCUT2D eigenvalue weighted by molar-refractivity contribution is 0.534. The summed E-state index contributed by atoms with van der Waals surface area (Å²) in [6.07, 6.45) is 4.73. The molecule has 0 aliphatic heterocycles. The SMILES string of the molecule is Cc1ccc(F)c(C(N)CCC2CC2)c1. The third-order valence-corrected chi connectivity index (χ3v) is 3.13. The molecule has 1 fully saturated rings. The first-order chi connectivity index (χ1) is 7.16. The molecule has 0 bridgehead atoms. The normalized spacial score (nSPS) is 17.8. The van der Waals surface area contributed by atoms with Gasteiger partial charge in [0, 0.05) is 11.6 Å². The van der Waals surface area contributed by atoms with Crippen LogP contribution in [0, 0.1) is 18.7 Å². The van der Waals surface area contributed by atoms with Crippen LogP contribution in [0.4, 0.5) is 4.39 Å². The van der Waals surface area contributed by atoms with Crippen molar-refractivity contribution in [2.45, 2.75) is 38.6 Å². The van der Waals surface area contributed by atoms with Gasteiger partial charge in [-0.3, -0.25) is 0 Å². The number of nitrogens with two attached hydrogens (primary N) is 1. The van der Waals surface area contributed by atoms with E-state index in [4.69, 9.17) is 5.73 Å². The summed E-state index contributed by atoms with van der Waals surface area (Å²) in [7, 11) is 0. The van der Waals surface area contributed by atoms with Crippen LogP contribution in [0.25, 0.3) is 0 Å². The first-order valence-electron chi connectivity index (χ1n) is 5.68. The lowest BCUT2D eigenvalue weighted by Crippen LogP contribution is -2.12. The first-order valence-corrected chi connectivity index (χ1v) is 5.68. The summed E-state index contributed by atoms with van der Waals surface area (Å²) in [6.45, 7) is 1.97. The van der Waals surface area contributed by atoms with Gasteiger partial charge in [-0.05, 0) is 31.7 Å². The van der Waals surface area contributed by atoms with Gasteiger partial charge in [-0.1, -0.05) is 30.5 Å². The van der Waals surface area contributed by atoms with E-state index in [1.54, 1.807) is 6.07 Å². The molecule has 1 aliphatic carbocycles. The zero-order valence-electron chi connectivity index (χ0n) is 9.17. The Morgan fingerprint density at radius 2 is 2.20 bits per heavy atom. The van der Waals surface area contributed by atoms with Gasteiger partial charge in [0.05, 0.1) is 0 Å². The van der Waals surface area contributed by atoms with Crippen LogP contribution < -0.4 is 5.73 Å². The van der Waals surface area contributed by atoms with Gasteiger partial charge < -0.3 is 5.73 Å². The quantitative estimate of drug-likeness (QED) is 0.805. The monoisotopic (exact) mass is 207 g/mol. The molecule has 2 rings (SSSR count). The average molecular weight is 207 g/mol. The first kappa shape index (κ1) is 10.6. The Balaban J connectivity index is 2.02. The van der Waals surface area contributed by atoms with Crippen molar-refractivity contribution in [2.75, 3.05) is 0 Å². The van der Waals surface area contributed by atoms with Gasteiger partial charge in [-0.2, -0.15) is 0 Å². The minimum Gasteiger partial charge on any atom is -0.324 e. The molecule has 1 aliphatic rings. The second kappa shape index (κ2) is 4.31. The second-order valence-electron chi connectivity index (χ2n) is 4.65. The molecule has 0 spiro atoms. The zero-order valence-corrected chi connectivity index (χ0v) is 9.17. The zero-order chi connectivity index (χ0) is 10.8. The topological polar surface area (TPSA) is 26.0 Å². The van der Waals surface area contributed by atoms with E-state index in [1.165, 1.54) is 18.9 Å². The molecule has 2 heteroatoms. The molecule has 1 aromatic rings. The number of hydrogen-bond donors (Lipinski definition) is 1. The molecule has 0 heterocycles. The van der Waals surface area contributed by atoms with E-state index in [0.717, 1.165) is 24.3 Å². The number of aryl methyl sites for hydroxylation is 1. The number of benzene rings is 1. The van der Waals surface area contributed by atoms with E-state index < -0.39 is 0 Å². The Morgan fingerprint density at radius 3 is 2.87 bits per heavy atom. The van der Waals surface area contributed by atoms with Crippen LogP contribution in [0.2, 0.25) is 0 Å². The van der Waals surface area contributed by atoms with E-state index in [-0.39, 0.29) is 11.9 Å². The highest BCUT2D eigenvalue weighted by Gasteiger charge is 2.22. The molecule has 1 saturated carbocycles. The van der Waals surface area contributed by atoms with Gasteiger partial charge in [0.1, 0.15) is 5.82 Å². The van der Waals surface area contributed by atoms with Gasteiger partial charge in [-0.25, -0.2) is 4.39 Å². The molecule has 0 aromatic heterocycles. The van der Waals surface area contributed by atoms with Gasteiger partial charge in [-0.15, -0.1) is 0 Å². The predicted molar refractivity (Wildman–Crippen MR) is 60.0 cm³/mol. The van der Waals surface area contributed by atoms with E-state index in [2.05, 4.69) is 0 Å². The molecule has 1 nitrogen and oxygen atoms in total. The molecule has 1 atom stereocenters. The van der Waals surface area contributed by atoms with E-state index in [1.807, 2.05) is 13.0 Å². The van der Waals surface area contributed by atoms with Gasteiger partial charge in [0.2, 0.25) is 0 Å². The van der Waals surface area contributed by atoms with Crippen molar-refractivity contribution >= 4 is 0 Å². The molecule has 1 unspecified atom stereocenters. The van der Waals surface area contributed by atoms with Crippen LogP contribution in [0.3, 0.4) is 0 Å². The summed E-state index contributed by atoms with van der Waals surface area (Å²) < 4.78 is 13.5. The smallest absolute Gasteiger partial charge is 0.127 e. The number of hydrogen-bond acceptors (Lipinski definition) is 1. The average Bonchev–Trinajstić information content (AvgIpc) is 3.02. The maximum absolute atomic E-state index is 13.5. The van der Waals surface area contributed by atoms with Crippen LogP contribution in [-0.4, -0.2) is 0 Å². The largest absolute Gasteiger partial charge is 0.324 e. The Labute approximate surface area is 90.5 Å². The van der Waals surface area contributed by atoms with Crippen molar-refractivity contribution in [2.24, 2.45) is 11.7 Å². The fraction of sp³-hybridized carbons (Fsp3) is 0.538. The van der Waals surface area contributed by atoms with Crippen LogP contribution in [0.15, 0.2) is 18.2 Å². The fourth-order valence-corrected chi connectivity index (χ4v) is 1.92. The molecule has 0 amide bonds. The minimum absolute atomic E-state index is 0.134. The summed E-state index contributed by atoms with van der Waals surface area (Å²) in [6, 6.07) is 5.03. The summed E-state index contributed by atoms with van der Waals surface area (Å²) >= 11 is 0. The highest BCUT2D eigenvalue weighted by atomic mass is 19.1. The third kappa shape index (κ3) is 2.78. The molecule has 15 heavy (non-hydrogen) atoms. The molecule has 0 radical (unpaired) electrons. The Bertz CT molecular complexity index is 344. The van der Waals surface area contributed by atoms with Crippen molar-refractivity contribution in [3.8, 4) is 0 Å². The highest BCUT2D eigenvalue weighted by Crippen LogP contribution is 2.35. The standard InChI is InChI=1S/C13H18FN/c1-9-2-6-12(14)11(8-9)13(15)7-5-10-3-4-10/h2,6,8,10,13H,3-5,7,15H2,1H3. The van der Waals surface area contributed by atoms with E-state index in [9.17, 15) is 4.39 Å². The summed E-state index contributed by atoms with van der Waals surface area (Å²) in [5.74, 6) is 0.702. The Kier molecular flexibility index (Phi) is 3.06. The predicted octanol–water partition coefficient (Wildman–Crippen LogP) is 3.32. The van der Waals surface area contributed by atoms with Crippen LogP contribution in [0.1, 0.15) is 42.9 Å². The highest BCUT2D eigenvalue weighted by molar-refractivity contribution is 5.26. The van der Waals surface area contributed by atoms with Gasteiger partial charge in [0.25, 0.3) is 0 Å². The van der Waals surface area contributed by atoms with Crippen molar-refractivity contribution in [3.63, 3.8) is 0 Å². The van der Waals surface area contributed by atoms with Crippen LogP contribution in [0.5, 0.6) is 0 Å². The van der Waals surface area contributed by atoms with Crippen molar-refractivity contribution in [1.82, 2.24) is 0 Å². The maximum Gasteiger partial charge on any atom is 0.127 e. The second-order valence-corrected chi connectivity index (χ2v) is 4.65. The number of halogens is 1. The fourth-order valence-electron chi connectivity index (χ4n) is 1.92. The summed E-state index contributed by atoms with van der Waals surface area (Å²) in [5, 5.41) is 0. The van der Waals surface area contributed by atoms with Crippen LogP contribution in [-0.2, 0) is 0 Å². The molecule has 2 N–H and O–H groups in total. The van der Waals surface area contributed by atoms with Gasteiger partial charge in [0.15, 0.2) is 0 Å². The molecule has 82 valence electrons. The van der Waals surface area contributed by atoms with Crippen LogP contribution >= 0.6 is 0 Å². The lowest BCUT2D eigenvalue weighted by Gasteiger charge is -2.13. The third-order valence-electron chi connectivity index (χ3n) is 3.13. The molecule has 0 saturated heterocycles. The van der Waals surface area contributed by atoms with E-state index in [0.29, 0.717) is 5.56 Å². The molecule has 1 aromatic carbocycles. The molecular formula is C13H18FN. The van der Waals surface area contributed by atoms with E-state index >= 15 is 0 Å².